The number of aromatic carboxylic acids is 1. The zero-order valence-electron chi connectivity index (χ0n) is 16.6. The molecule has 0 saturated carbocycles. The molecule has 8 nitrogen and oxygen atoms in total. The molecule has 0 radical (unpaired) electrons. The van der Waals surface area contributed by atoms with Crippen molar-refractivity contribution >= 4 is 40.8 Å². The van der Waals surface area contributed by atoms with E-state index in [4.69, 9.17) is 23.2 Å². The molecule has 1 amide bonds. The second kappa shape index (κ2) is 8.64. The lowest BCUT2D eigenvalue weighted by molar-refractivity contribution is -0.117. The van der Waals surface area contributed by atoms with Crippen molar-refractivity contribution in [2.24, 2.45) is 0 Å². The first-order valence-electron chi connectivity index (χ1n) is 9.71. The van der Waals surface area contributed by atoms with Crippen LogP contribution in [0.1, 0.15) is 28.8 Å². The Bertz CT molecular complexity index is 1350. The first kappa shape index (κ1) is 21.9. The van der Waals surface area contributed by atoms with Crippen LogP contribution in [-0.2, 0) is 11.3 Å². The maximum absolute atomic E-state index is 13.2. The number of carboxylic acids is 1. The third kappa shape index (κ3) is 3.94. The van der Waals surface area contributed by atoms with Crippen molar-refractivity contribution in [1.82, 2.24) is 9.13 Å². The van der Waals surface area contributed by atoms with E-state index in [1.54, 1.807) is 47.4 Å². The number of carbonyl (C=O) groups excluding carboxylic acids is 1. The fourth-order valence-electron chi connectivity index (χ4n) is 3.63. The lowest BCUT2D eigenvalue weighted by Crippen LogP contribution is -2.42. The summed E-state index contributed by atoms with van der Waals surface area (Å²) >= 11 is 12.2. The molecule has 1 saturated heterocycles. The van der Waals surface area contributed by atoms with E-state index in [0.717, 1.165) is 21.8 Å². The lowest BCUT2D eigenvalue weighted by Gasteiger charge is -2.17. The van der Waals surface area contributed by atoms with Crippen molar-refractivity contribution in [2.75, 3.05) is 11.4 Å². The smallest absolute Gasteiger partial charge is 0.342 e. The van der Waals surface area contributed by atoms with Crippen LogP contribution in [0.2, 0.25) is 10.0 Å². The van der Waals surface area contributed by atoms with Crippen LogP contribution in [0.5, 0.6) is 0 Å². The van der Waals surface area contributed by atoms with Gasteiger partial charge < -0.3 is 10.0 Å². The Morgan fingerprint density at radius 2 is 1.69 bits per heavy atom. The molecule has 0 bridgehead atoms. The van der Waals surface area contributed by atoms with Gasteiger partial charge in [0.15, 0.2) is 0 Å². The van der Waals surface area contributed by atoms with Crippen LogP contribution in [-0.4, -0.2) is 32.7 Å². The van der Waals surface area contributed by atoms with Crippen molar-refractivity contribution in [3.63, 3.8) is 0 Å². The molecule has 164 valence electrons. The summed E-state index contributed by atoms with van der Waals surface area (Å²) < 4.78 is 1.89. The number of rotatable bonds is 5. The zero-order valence-corrected chi connectivity index (χ0v) is 18.1. The van der Waals surface area contributed by atoms with E-state index in [0.29, 0.717) is 29.9 Å². The number of hydrogen-bond donors (Lipinski definition) is 1. The molecule has 0 atom stereocenters. The average Bonchev–Trinajstić information content (AvgIpc) is 3.20. The van der Waals surface area contributed by atoms with Gasteiger partial charge in [-0.2, -0.15) is 0 Å². The number of carbonyl (C=O) groups is 2. The maximum atomic E-state index is 13.2. The molecular formula is C22H17Cl2N3O5. The van der Waals surface area contributed by atoms with Crippen molar-refractivity contribution < 1.29 is 14.7 Å². The largest absolute Gasteiger partial charge is 0.477 e. The second-order valence-electron chi connectivity index (χ2n) is 7.27. The van der Waals surface area contributed by atoms with Gasteiger partial charge >= 0.3 is 11.7 Å². The number of anilines is 1. The molecule has 0 unspecified atom stereocenters. The van der Waals surface area contributed by atoms with Crippen LogP contribution < -0.4 is 16.1 Å². The molecule has 0 spiro atoms. The molecule has 10 heteroatoms. The van der Waals surface area contributed by atoms with Crippen molar-refractivity contribution in [3.8, 4) is 5.69 Å². The molecule has 4 rings (SSSR count). The minimum atomic E-state index is -1.46. The summed E-state index contributed by atoms with van der Waals surface area (Å²) in [5.74, 6) is -1.44. The van der Waals surface area contributed by atoms with Gasteiger partial charge in [-0.25, -0.2) is 9.59 Å². The number of amides is 1. The number of benzene rings is 2. The van der Waals surface area contributed by atoms with Crippen molar-refractivity contribution in [3.05, 3.63) is 90.7 Å². The van der Waals surface area contributed by atoms with Gasteiger partial charge in [0.05, 0.1) is 22.3 Å². The highest BCUT2D eigenvalue weighted by atomic mass is 35.5. The van der Waals surface area contributed by atoms with E-state index in [9.17, 15) is 24.3 Å². The Labute approximate surface area is 191 Å². The number of hydrogen-bond acceptors (Lipinski definition) is 4. The number of carboxylic acid groups (broad SMARTS) is 1. The molecule has 1 fully saturated rings. The molecule has 2 aromatic carbocycles. The number of nitrogens with zero attached hydrogens (tertiary/aromatic N) is 3. The first-order chi connectivity index (χ1) is 15.3. The predicted molar refractivity (Wildman–Crippen MR) is 120 cm³/mol. The Morgan fingerprint density at radius 1 is 1.00 bits per heavy atom. The second-order valence-corrected chi connectivity index (χ2v) is 8.06. The van der Waals surface area contributed by atoms with E-state index in [2.05, 4.69) is 0 Å². The molecule has 1 aliphatic heterocycles. The van der Waals surface area contributed by atoms with Gasteiger partial charge in [0.25, 0.3) is 5.56 Å². The number of aromatic nitrogens is 2. The van der Waals surface area contributed by atoms with Gasteiger partial charge in [0.1, 0.15) is 5.56 Å². The van der Waals surface area contributed by atoms with Crippen LogP contribution in [0.15, 0.2) is 58.3 Å². The molecule has 32 heavy (non-hydrogen) atoms. The fraction of sp³-hybridized carbons (Fsp3) is 0.182. The van der Waals surface area contributed by atoms with Gasteiger partial charge in [-0.3, -0.25) is 18.7 Å². The van der Waals surface area contributed by atoms with Gasteiger partial charge in [-0.15, -0.1) is 0 Å². The third-order valence-corrected chi connectivity index (χ3v) is 6.13. The van der Waals surface area contributed by atoms with E-state index in [1.807, 2.05) is 0 Å². The minimum Gasteiger partial charge on any atom is -0.477 e. The predicted octanol–water partition coefficient (Wildman–Crippen LogP) is 3.18. The Morgan fingerprint density at radius 3 is 2.31 bits per heavy atom. The first-order valence-corrected chi connectivity index (χ1v) is 10.5. The molecule has 1 aromatic heterocycles. The molecule has 2 heterocycles. The standard InChI is InChI=1S/C22H17Cl2N3O5/c23-17-4-1-3-13(19(17)24)11-27-20(29)16(21(30)31)12-26(22(27)32)15-8-6-14(7-9-15)25-10-2-5-18(25)28/h1,3-4,6-9,12H,2,5,10-11H2,(H,30,31). The summed E-state index contributed by atoms with van der Waals surface area (Å²) in [4.78, 5) is 51.2. The Hall–Kier alpha value is -3.36. The summed E-state index contributed by atoms with van der Waals surface area (Å²) in [5, 5.41) is 9.94. The molecule has 0 aliphatic carbocycles. The topological polar surface area (TPSA) is 102 Å². The summed E-state index contributed by atoms with van der Waals surface area (Å²) in [6.45, 7) is 0.366. The Balaban J connectivity index is 1.81. The zero-order chi connectivity index (χ0) is 23.0. The van der Waals surface area contributed by atoms with E-state index < -0.39 is 22.8 Å². The Kier molecular flexibility index (Phi) is 5.90. The van der Waals surface area contributed by atoms with Crippen molar-refractivity contribution in [1.29, 1.82) is 0 Å². The fourth-order valence-corrected chi connectivity index (χ4v) is 4.01. The summed E-state index contributed by atoms with van der Waals surface area (Å²) in [6.07, 6.45) is 2.26. The highest BCUT2D eigenvalue weighted by Crippen LogP contribution is 2.26. The quantitative estimate of drug-likeness (QED) is 0.612. The molecule has 1 aliphatic rings. The molecule has 1 N–H and O–H groups in total. The minimum absolute atomic E-state index is 0.0232. The van der Waals surface area contributed by atoms with E-state index in [-0.39, 0.29) is 22.5 Å². The third-order valence-electron chi connectivity index (χ3n) is 5.27. The number of halogens is 2. The van der Waals surface area contributed by atoms with E-state index in [1.165, 1.54) is 0 Å². The molecular weight excluding hydrogens is 457 g/mol. The van der Waals surface area contributed by atoms with Crippen LogP contribution in [0.4, 0.5) is 5.69 Å². The highest BCUT2D eigenvalue weighted by Gasteiger charge is 2.22. The highest BCUT2D eigenvalue weighted by molar-refractivity contribution is 6.42. The normalized spacial score (nSPS) is 13.6. The summed E-state index contributed by atoms with van der Waals surface area (Å²) in [5.41, 5.74) is -0.826. The average molecular weight is 474 g/mol. The SMILES string of the molecule is O=C(O)c1cn(-c2ccc(N3CCCC3=O)cc2)c(=O)n(Cc2cccc(Cl)c2Cl)c1=O. The van der Waals surface area contributed by atoms with Gasteiger partial charge in [0.2, 0.25) is 5.91 Å². The monoisotopic (exact) mass is 473 g/mol. The lowest BCUT2D eigenvalue weighted by atomic mass is 10.2. The van der Waals surface area contributed by atoms with Crippen LogP contribution >= 0.6 is 23.2 Å². The van der Waals surface area contributed by atoms with Gasteiger partial charge in [-0.1, -0.05) is 35.3 Å². The van der Waals surface area contributed by atoms with Crippen molar-refractivity contribution in [2.45, 2.75) is 19.4 Å². The van der Waals surface area contributed by atoms with Gasteiger partial charge in [-0.05, 0) is 42.3 Å². The molecule has 3 aromatic rings. The van der Waals surface area contributed by atoms with Crippen LogP contribution in [0, 0.1) is 0 Å². The van der Waals surface area contributed by atoms with Gasteiger partial charge in [0, 0.05) is 24.8 Å². The maximum Gasteiger partial charge on any atom is 0.342 e. The van der Waals surface area contributed by atoms with E-state index >= 15 is 0 Å². The summed E-state index contributed by atoms with van der Waals surface area (Å²) in [7, 11) is 0. The summed E-state index contributed by atoms with van der Waals surface area (Å²) in [6, 6.07) is 11.3. The van der Waals surface area contributed by atoms with Crippen LogP contribution in [0.25, 0.3) is 5.69 Å². The van der Waals surface area contributed by atoms with Crippen LogP contribution in [0.3, 0.4) is 0 Å².